The lowest BCUT2D eigenvalue weighted by Crippen LogP contribution is -2.36. The second-order valence-corrected chi connectivity index (χ2v) is 4.69. The molecule has 0 spiro atoms. The molecule has 2 amide bonds. The highest BCUT2D eigenvalue weighted by molar-refractivity contribution is 5.88. The van der Waals surface area contributed by atoms with Crippen molar-refractivity contribution < 1.29 is 9.59 Å². The first-order chi connectivity index (χ1) is 8.97. The van der Waals surface area contributed by atoms with E-state index in [0.717, 1.165) is 11.3 Å². The van der Waals surface area contributed by atoms with E-state index in [2.05, 4.69) is 16.0 Å². The molecule has 3 N–H and O–H groups in total. The molecule has 0 bridgehead atoms. The van der Waals surface area contributed by atoms with E-state index in [1.807, 2.05) is 38.1 Å². The van der Waals surface area contributed by atoms with Crippen LogP contribution < -0.4 is 16.0 Å². The zero-order valence-electron chi connectivity index (χ0n) is 11.6. The van der Waals surface area contributed by atoms with Gasteiger partial charge in [0.15, 0.2) is 0 Å². The summed E-state index contributed by atoms with van der Waals surface area (Å²) in [4.78, 5) is 22.4. The summed E-state index contributed by atoms with van der Waals surface area (Å²) in [5.41, 5.74) is 1.75. The van der Waals surface area contributed by atoms with Gasteiger partial charge in [-0.3, -0.25) is 9.59 Å². The molecule has 0 unspecified atom stereocenters. The molecular formula is C14H21N3O2. The van der Waals surface area contributed by atoms with Crippen molar-refractivity contribution in [3.63, 3.8) is 0 Å². The van der Waals surface area contributed by atoms with Crippen molar-refractivity contribution in [3.05, 3.63) is 29.8 Å². The molecule has 0 aliphatic carbocycles. The monoisotopic (exact) mass is 263 g/mol. The molecule has 1 aromatic carbocycles. The number of anilines is 1. The number of amides is 2. The fourth-order valence-corrected chi connectivity index (χ4v) is 1.47. The van der Waals surface area contributed by atoms with Gasteiger partial charge in [-0.2, -0.15) is 0 Å². The van der Waals surface area contributed by atoms with Gasteiger partial charge in [0.05, 0.1) is 6.54 Å². The smallest absolute Gasteiger partial charge is 0.234 e. The normalized spacial score (nSPS) is 10.3. The van der Waals surface area contributed by atoms with Crippen molar-refractivity contribution >= 4 is 17.5 Å². The standard InChI is InChI=1S/C14H21N3O2/c1-10(2)15-9-14(19)16-8-12-4-6-13(7-5-12)17-11(3)18/h4-7,10,15H,8-9H2,1-3H3,(H,16,19)(H,17,18). The lowest BCUT2D eigenvalue weighted by molar-refractivity contribution is -0.120. The van der Waals surface area contributed by atoms with Crippen LogP contribution in [0, 0.1) is 0 Å². The average molecular weight is 263 g/mol. The summed E-state index contributed by atoms with van der Waals surface area (Å²) < 4.78 is 0. The maximum atomic E-state index is 11.5. The Morgan fingerprint density at radius 1 is 1.16 bits per heavy atom. The predicted octanol–water partition coefficient (Wildman–Crippen LogP) is 1.26. The number of carbonyl (C=O) groups is 2. The van der Waals surface area contributed by atoms with Gasteiger partial charge in [0.2, 0.25) is 11.8 Å². The van der Waals surface area contributed by atoms with Crippen LogP contribution in [0.2, 0.25) is 0 Å². The third kappa shape index (κ3) is 6.57. The van der Waals surface area contributed by atoms with Crippen molar-refractivity contribution in [2.24, 2.45) is 0 Å². The largest absolute Gasteiger partial charge is 0.351 e. The Labute approximate surface area is 113 Å². The van der Waals surface area contributed by atoms with Crippen LogP contribution in [0.25, 0.3) is 0 Å². The number of benzene rings is 1. The van der Waals surface area contributed by atoms with Crippen LogP contribution in [0.1, 0.15) is 26.3 Å². The molecule has 104 valence electrons. The molecule has 0 heterocycles. The quantitative estimate of drug-likeness (QED) is 0.723. The first-order valence-corrected chi connectivity index (χ1v) is 6.34. The van der Waals surface area contributed by atoms with Crippen molar-refractivity contribution in [1.82, 2.24) is 10.6 Å². The molecule has 19 heavy (non-hydrogen) atoms. The number of hydrogen-bond acceptors (Lipinski definition) is 3. The van der Waals surface area contributed by atoms with Gasteiger partial charge >= 0.3 is 0 Å². The molecule has 1 rings (SSSR count). The molecule has 1 aromatic rings. The van der Waals surface area contributed by atoms with Gasteiger partial charge in [0, 0.05) is 25.2 Å². The summed E-state index contributed by atoms with van der Waals surface area (Å²) in [6.45, 7) is 6.26. The summed E-state index contributed by atoms with van der Waals surface area (Å²) >= 11 is 0. The second-order valence-electron chi connectivity index (χ2n) is 4.69. The average Bonchev–Trinajstić information content (AvgIpc) is 2.35. The van der Waals surface area contributed by atoms with E-state index in [1.54, 1.807) is 0 Å². The van der Waals surface area contributed by atoms with E-state index < -0.39 is 0 Å². The molecule has 0 atom stereocenters. The Morgan fingerprint density at radius 3 is 2.32 bits per heavy atom. The molecule has 0 saturated carbocycles. The minimum Gasteiger partial charge on any atom is -0.351 e. The van der Waals surface area contributed by atoms with E-state index in [9.17, 15) is 9.59 Å². The van der Waals surface area contributed by atoms with E-state index in [1.165, 1.54) is 6.92 Å². The third-order valence-corrected chi connectivity index (χ3v) is 2.43. The van der Waals surface area contributed by atoms with Gasteiger partial charge in [-0.15, -0.1) is 0 Å². The Morgan fingerprint density at radius 2 is 1.79 bits per heavy atom. The molecular weight excluding hydrogens is 242 g/mol. The van der Waals surface area contributed by atoms with Crippen LogP contribution in [-0.2, 0) is 16.1 Å². The number of carbonyl (C=O) groups excluding carboxylic acids is 2. The molecule has 0 aromatic heterocycles. The minimum absolute atomic E-state index is 0.0281. The highest BCUT2D eigenvalue weighted by Crippen LogP contribution is 2.09. The van der Waals surface area contributed by atoms with Crippen molar-refractivity contribution in [2.75, 3.05) is 11.9 Å². The maximum Gasteiger partial charge on any atom is 0.234 e. The zero-order chi connectivity index (χ0) is 14.3. The van der Waals surface area contributed by atoms with Crippen LogP contribution in [0.4, 0.5) is 5.69 Å². The highest BCUT2D eigenvalue weighted by Gasteiger charge is 2.02. The second kappa shape index (κ2) is 7.53. The molecule has 0 radical (unpaired) electrons. The van der Waals surface area contributed by atoms with Gasteiger partial charge in [-0.25, -0.2) is 0 Å². The van der Waals surface area contributed by atoms with Crippen LogP contribution >= 0.6 is 0 Å². The van der Waals surface area contributed by atoms with E-state index in [0.29, 0.717) is 19.1 Å². The predicted molar refractivity (Wildman–Crippen MR) is 75.7 cm³/mol. The summed E-state index contributed by atoms with van der Waals surface area (Å²) in [6.07, 6.45) is 0. The number of rotatable bonds is 6. The molecule has 5 nitrogen and oxygen atoms in total. The van der Waals surface area contributed by atoms with Crippen molar-refractivity contribution in [3.8, 4) is 0 Å². The Kier molecular flexibility index (Phi) is 6.02. The first-order valence-electron chi connectivity index (χ1n) is 6.34. The Bertz CT molecular complexity index is 427. The van der Waals surface area contributed by atoms with Crippen molar-refractivity contribution in [2.45, 2.75) is 33.4 Å². The molecule has 5 heteroatoms. The fraction of sp³-hybridized carbons (Fsp3) is 0.429. The van der Waals surface area contributed by atoms with Gasteiger partial charge in [-0.05, 0) is 17.7 Å². The molecule has 0 saturated heterocycles. The van der Waals surface area contributed by atoms with Crippen LogP contribution in [-0.4, -0.2) is 24.4 Å². The molecule has 0 aliphatic heterocycles. The van der Waals surface area contributed by atoms with Crippen molar-refractivity contribution in [1.29, 1.82) is 0 Å². The van der Waals surface area contributed by atoms with Gasteiger partial charge < -0.3 is 16.0 Å². The topological polar surface area (TPSA) is 70.2 Å². The lowest BCUT2D eigenvalue weighted by Gasteiger charge is -2.09. The number of nitrogens with one attached hydrogen (secondary N) is 3. The van der Waals surface area contributed by atoms with Crippen LogP contribution in [0.5, 0.6) is 0 Å². The molecule has 0 fully saturated rings. The minimum atomic E-state index is -0.0965. The van der Waals surface area contributed by atoms with Crippen LogP contribution in [0.15, 0.2) is 24.3 Å². The summed E-state index contributed by atoms with van der Waals surface area (Å²) in [5, 5.41) is 8.57. The van der Waals surface area contributed by atoms with E-state index in [4.69, 9.17) is 0 Å². The first kappa shape index (κ1) is 15.2. The fourth-order valence-electron chi connectivity index (χ4n) is 1.47. The van der Waals surface area contributed by atoms with Crippen LogP contribution in [0.3, 0.4) is 0 Å². The van der Waals surface area contributed by atoms with E-state index >= 15 is 0 Å². The summed E-state index contributed by atoms with van der Waals surface area (Å²) in [6, 6.07) is 7.68. The Hall–Kier alpha value is -1.88. The van der Waals surface area contributed by atoms with Gasteiger partial charge in [-0.1, -0.05) is 26.0 Å². The highest BCUT2D eigenvalue weighted by atomic mass is 16.2. The maximum absolute atomic E-state index is 11.5. The summed E-state index contributed by atoms with van der Waals surface area (Å²) in [7, 11) is 0. The Balaban J connectivity index is 2.37. The lowest BCUT2D eigenvalue weighted by atomic mass is 10.2. The summed E-state index contributed by atoms with van der Waals surface area (Å²) in [5.74, 6) is -0.125. The number of hydrogen-bond donors (Lipinski definition) is 3. The SMILES string of the molecule is CC(=O)Nc1ccc(CNC(=O)CNC(C)C)cc1. The zero-order valence-corrected chi connectivity index (χ0v) is 11.6. The van der Waals surface area contributed by atoms with Gasteiger partial charge in [0.1, 0.15) is 0 Å². The third-order valence-electron chi connectivity index (χ3n) is 2.43. The van der Waals surface area contributed by atoms with Gasteiger partial charge in [0.25, 0.3) is 0 Å². The molecule has 0 aliphatic rings. The van der Waals surface area contributed by atoms with E-state index in [-0.39, 0.29) is 11.8 Å².